The fraction of sp³-hybridized carbons (Fsp3) is 0.345. The van der Waals surface area contributed by atoms with Gasteiger partial charge in [0.15, 0.2) is 24.0 Å². The number of nitrogens with one attached hydrogen (secondary N) is 2. The number of imidazole rings is 1. The van der Waals surface area contributed by atoms with Crippen LogP contribution in [0.5, 0.6) is 5.75 Å². The average molecular weight is 628 g/mol. The molecule has 0 unspecified atom stereocenters. The van der Waals surface area contributed by atoms with Gasteiger partial charge in [0.05, 0.1) is 33.4 Å². The van der Waals surface area contributed by atoms with Gasteiger partial charge in [-0.25, -0.2) is 9.37 Å². The van der Waals surface area contributed by atoms with Gasteiger partial charge in [0, 0.05) is 51.0 Å². The van der Waals surface area contributed by atoms with E-state index in [1.807, 2.05) is 4.90 Å². The number of nitrogens with zero attached hydrogens (tertiary/aromatic N) is 5. The first-order chi connectivity index (χ1) is 20.7. The molecule has 14 heteroatoms. The highest BCUT2D eigenvalue weighted by Crippen LogP contribution is 2.35. The normalized spacial score (nSPS) is 16.6. The van der Waals surface area contributed by atoms with Crippen molar-refractivity contribution in [1.82, 2.24) is 24.7 Å². The van der Waals surface area contributed by atoms with Crippen LogP contribution in [0.25, 0.3) is 11.3 Å². The van der Waals surface area contributed by atoms with Gasteiger partial charge in [-0.05, 0) is 43.3 Å². The van der Waals surface area contributed by atoms with Crippen molar-refractivity contribution in [3.05, 3.63) is 63.8 Å². The first kappa shape index (κ1) is 30.3. The molecule has 2 aromatic carbocycles. The zero-order valence-corrected chi connectivity index (χ0v) is 24.7. The number of anilines is 1. The van der Waals surface area contributed by atoms with Crippen LogP contribution >= 0.6 is 23.2 Å². The van der Waals surface area contributed by atoms with Gasteiger partial charge in [-0.3, -0.25) is 14.4 Å². The monoisotopic (exact) mass is 627 g/mol. The quantitative estimate of drug-likeness (QED) is 0.409. The van der Waals surface area contributed by atoms with Gasteiger partial charge in [-0.15, -0.1) is 0 Å². The van der Waals surface area contributed by atoms with Gasteiger partial charge in [0.2, 0.25) is 5.91 Å². The lowest BCUT2D eigenvalue weighted by molar-refractivity contribution is -0.136. The van der Waals surface area contributed by atoms with E-state index in [-0.39, 0.29) is 57.1 Å². The highest BCUT2D eigenvalue weighted by molar-refractivity contribution is 6.34. The third-order valence-electron chi connectivity index (χ3n) is 7.55. The summed E-state index contributed by atoms with van der Waals surface area (Å²) in [7, 11) is 1.58. The SMILES string of the molecule is Cn1c(-c2ccc(OCC#N)c(F)c2Cl)cnc1C(=O)Nc1ccc(C(=O)N2CCN(C(=O)[C@@H]3CCNC3)CC2)c(Cl)c1. The summed E-state index contributed by atoms with van der Waals surface area (Å²) < 4.78 is 21.2. The first-order valence-corrected chi connectivity index (χ1v) is 14.3. The van der Waals surface area contributed by atoms with Gasteiger partial charge in [0.25, 0.3) is 11.8 Å². The Kier molecular flexibility index (Phi) is 9.15. The number of halogens is 3. The molecule has 0 radical (unpaired) electrons. The van der Waals surface area contributed by atoms with Crippen LogP contribution in [0.1, 0.15) is 27.4 Å². The molecule has 1 atom stereocenters. The van der Waals surface area contributed by atoms with E-state index in [1.54, 1.807) is 30.1 Å². The molecule has 3 amide bonds. The largest absolute Gasteiger partial charge is 0.476 e. The number of piperazine rings is 1. The molecule has 0 saturated carbocycles. The molecule has 2 saturated heterocycles. The Labute approximate surface area is 257 Å². The molecule has 0 aliphatic carbocycles. The molecule has 0 spiro atoms. The van der Waals surface area contributed by atoms with Crippen LogP contribution < -0.4 is 15.4 Å². The van der Waals surface area contributed by atoms with E-state index in [9.17, 15) is 18.8 Å². The van der Waals surface area contributed by atoms with E-state index in [0.29, 0.717) is 44.1 Å². The van der Waals surface area contributed by atoms with Gasteiger partial charge < -0.3 is 29.7 Å². The second-order valence-corrected chi connectivity index (χ2v) is 11.0. The smallest absolute Gasteiger partial charge is 0.291 e. The molecule has 2 fully saturated rings. The summed E-state index contributed by atoms with van der Waals surface area (Å²) in [5.74, 6) is -1.66. The van der Waals surface area contributed by atoms with Crippen molar-refractivity contribution >= 4 is 46.6 Å². The van der Waals surface area contributed by atoms with Crippen molar-refractivity contribution in [2.24, 2.45) is 13.0 Å². The summed E-state index contributed by atoms with van der Waals surface area (Å²) in [6.45, 7) is 2.96. The standard InChI is InChI=1S/C29H28Cl2FN7O4/c1-37-22(20-4-5-23(43-13-7-33)25(32)24(20)31)16-35-26(37)27(40)36-18-2-3-19(21(30)14-18)29(42)39-11-9-38(10-12-39)28(41)17-6-8-34-15-17/h2-5,14,16-17,34H,6,8-13,15H2,1H3,(H,36,40)/t17-/m1/s1. The Bertz CT molecular complexity index is 1610. The van der Waals surface area contributed by atoms with E-state index in [0.717, 1.165) is 13.0 Å². The number of carbonyl (C=O) groups excluding carboxylic acids is 3. The van der Waals surface area contributed by atoms with Crippen molar-refractivity contribution in [3.63, 3.8) is 0 Å². The van der Waals surface area contributed by atoms with Crippen LogP contribution in [-0.4, -0.2) is 82.9 Å². The van der Waals surface area contributed by atoms with Crippen molar-refractivity contribution in [1.29, 1.82) is 5.26 Å². The zero-order valence-electron chi connectivity index (χ0n) is 23.2. The highest BCUT2D eigenvalue weighted by atomic mass is 35.5. The summed E-state index contributed by atoms with van der Waals surface area (Å²) >= 11 is 12.7. The summed E-state index contributed by atoms with van der Waals surface area (Å²) in [5.41, 5.74) is 1.29. The van der Waals surface area contributed by atoms with Gasteiger partial charge in [-0.2, -0.15) is 5.26 Å². The van der Waals surface area contributed by atoms with E-state index in [1.165, 1.54) is 29.0 Å². The molecule has 11 nitrogen and oxygen atoms in total. The summed E-state index contributed by atoms with van der Waals surface area (Å²) in [4.78, 5) is 46.6. The van der Waals surface area contributed by atoms with Crippen molar-refractivity contribution in [2.75, 3.05) is 51.2 Å². The summed E-state index contributed by atoms with van der Waals surface area (Å²) in [6.07, 6.45) is 2.22. The van der Waals surface area contributed by atoms with Crippen LogP contribution in [0.4, 0.5) is 10.1 Å². The minimum absolute atomic E-state index is 0.0000287. The van der Waals surface area contributed by atoms with E-state index in [2.05, 4.69) is 15.6 Å². The molecule has 2 aliphatic heterocycles. The van der Waals surface area contributed by atoms with Crippen molar-refractivity contribution < 1.29 is 23.5 Å². The van der Waals surface area contributed by atoms with Gasteiger partial charge in [0.1, 0.15) is 6.07 Å². The number of amides is 3. The lowest BCUT2D eigenvalue weighted by Gasteiger charge is -2.36. The fourth-order valence-corrected chi connectivity index (χ4v) is 5.71. The number of hydrogen-bond acceptors (Lipinski definition) is 7. The maximum absolute atomic E-state index is 14.7. The molecule has 2 aliphatic rings. The third-order valence-corrected chi connectivity index (χ3v) is 8.23. The second-order valence-electron chi connectivity index (χ2n) is 10.2. The molecule has 1 aromatic heterocycles. The predicted molar refractivity (Wildman–Crippen MR) is 158 cm³/mol. The number of ether oxygens (including phenoxy) is 1. The average Bonchev–Trinajstić information content (AvgIpc) is 3.68. The summed E-state index contributed by atoms with van der Waals surface area (Å²) in [6, 6.07) is 9.22. The molecular formula is C29H28Cl2FN7O4. The number of aromatic nitrogens is 2. The molecule has 0 bridgehead atoms. The van der Waals surface area contributed by atoms with Gasteiger partial charge >= 0.3 is 0 Å². The van der Waals surface area contributed by atoms with Crippen LogP contribution in [0.3, 0.4) is 0 Å². The second kappa shape index (κ2) is 13.0. The fourth-order valence-electron chi connectivity index (χ4n) is 5.20. The van der Waals surface area contributed by atoms with Crippen LogP contribution in [-0.2, 0) is 11.8 Å². The highest BCUT2D eigenvalue weighted by Gasteiger charge is 2.31. The molecule has 5 rings (SSSR count). The Morgan fingerprint density at radius 3 is 2.58 bits per heavy atom. The molecule has 3 aromatic rings. The molecule has 224 valence electrons. The number of nitriles is 1. The minimum Gasteiger partial charge on any atom is -0.476 e. The van der Waals surface area contributed by atoms with Crippen LogP contribution in [0.15, 0.2) is 36.5 Å². The molecular weight excluding hydrogens is 600 g/mol. The van der Waals surface area contributed by atoms with Crippen LogP contribution in [0.2, 0.25) is 10.0 Å². The predicted octanol–water partition coefficient (Wildman–Crippen LogP) is 3.58. The Hall–Kier alpha value is -4.18. The maximum atomic E-state index is 14.7. The summed E-state index contributed by atoms with van der Waals surface area (Å²) in [5, 5.41) is 14.5. The number of carbonyl (C=O) groups is 3. The first-order valence-electron chi connectivity index (χ1n) is 13.6. The van der Waals surface area contributed by atoms with Crippen molar-refractivity contribution in [3.8, 4) is 23.1 Å². The molecule has 2 N–H and O–H groups in total. The Morgan fingerprint density at radius 1 is 1.16 bits per heavy atom. The third kappa shape index (κ3) is 6.29. The lowest BCUT2D eigenvalue weighted by atomic mass is 10.1. The maximum Gasteiger partial charge on any atom is 0.291 e. The number of rotatable bonds is 7. The molecule has 3 heterocycles. The lowest BCUT2D eigenvalue weighted by Crippen LogP contribution is -2.52. The Morgan fingerprint density at radius 2 is 1.91 bits per heavy atom. The van der Waals surface area contributed by atoms with E-state index in [4.69, 9.17) is 33.2 Å². The van der Waals surface area contributed by atoms with E-state index < -0.39 is 11.7 Å². The van der Waals surface area contributed by atoms with Crippen molar-refractivity contribution in [2.45, 2.75) is 6.42 Å². The number of benzene rings is 2. The molecule has 43 heavy (non-hydrogen) atoms. The minimum atomic E-state index is -0.831. The Balaban J connectivity index is 1.23. The van der Waals surface area contributed by atoms with Crippen LogP contribution in [0, 0.1) is 23.1 Å². The topological polar surface area (TPSA) is 133 Å². The van der Waals surface area contributed by atoms with E-state index >= 15 is 0 Å². The number of hydrogen-bond donors (Lipinski definition) is 2. The zero-order chi connectivity index (χ0) is 30.7. The van der Waals surface area contributed by atoms with Gasteiger partial charge in [-0.1, -0.05) is 23.2 Å².